The number of hydrogen-bond donors (Lipinski definition) is 11. The number of phosphoric acid groups is 1. The van der Waals surface area contributed by atoms with E-state index in [1.54, 1.807) is 4.57 Å². The van der Waals surface area contributed by atoms with E-state index in [-0.39, 0.29) is 99.4 Å². The average molecular weight is 1350 g/mol. The summed E-state index contributed by atoms with van der Waals surface area (Å²) in [4.78, 5) is 126. The SMILES string of the molecule is C/C1=C2N=C(/C=C3\N/C(=C(/C)C4=N[C@@](C)(C5N=C1[C@](C)(CCC(=O)NCC(C)OP(=O)(O)O[C@H]1[C@@H](O)[C@@H](n6cnc7cc(C)c(C)cc76)O[C@@H]1CO)[C@H]5CC(N)=O)[C@@](C)(CC(N)=O)[C@@H]4CCC(N)=O)[C@@](C)(CC(N)=O)C3CCC(N)=O)C(C)(C)[C@@H]/2CCC(N)=O.[Co].[OH-]. The van der Waals surface area contributed by atoms with Crippen LogP contribution >= 0.6 is 7.82 Å². The van der Waals surface area contributed by atoms with Crippen LogP contribution in [0.1, 0.15) is 150 Å². The molecule has 6 aliphatic rings. The van der Waals surface area contributed by atoms with Crippen LogP contribution in [0.4, 0.5) is 0 Å². The quantitative estimate of drug-likeness (QED) is 0.0603. The second kappa shape index (κ2) is 27.8. The molecule has 2 aromatic rings. The van der Waals surface area contributed by atoms with Crippen molar-refractivity contribution in [2.75, 3.05) is 13.2 Å². The Morgan fingerprint density at radius 3 is 1.97 bits per heavy atom. The molecule has 7 amide bonds. The third-order valence-corrected chi connectivity index (χ3v) is 21.7. The number of aliphatic imine (C=N–C) groups is 3. The van der Waals surface area contributed by atoms with Crippen molar-refractivity contribution in [3.63, 3.8) is 0 Å². The number of primary amides is 6. The first kappa shape index (κ1) is 74.5. The van der Waals surface area contributed by atoms with Gasteiger partial charge >= 0.3 is 7.82 Å². The van der Waals surface area contributed by atoms with E-state index in [9.17, 15) is 53.2 Å². The fourth-order valence-corrected chi connectivity index (χ4v) is 16.6. The first-order chi connectivity index (χ1) is 41.8. The number of allylic oxidation sites excluding steroid dienone is 6. The molecule has 1 aromatic carbocycles. The number of hydrogen-bond acceptors (Lipinski definition) is 19. The molecule has 0 saturated carbocycles. The maximum atomic E-state index is 14.4. The molecule has 6 aliphatic heterocycles. The number of nitrogens with one attached hydrogen (secondary N) is 2. The van der Waals surface area contributed by atoms with Crippen LogP contribution in [0, 0.1) is 59.2 Å². The Labute approximate surface area is 545 Å². The zero-order valence-electron chi connectivity index (χ0n) is 54.0. The van der Waals surface area contributed by atoms with Gasteiger partial charge < -0.3 is 74.9 Å². The van der Waals surface area contributed by atoms with E-state index in [1.165, 1.54) is 13.3 Å². The average Bonchev–Trinajstić information content (AvgIpc) is 1.53. The van der Waals surface area contributed by atoms with Crippen LogP contribution < -0.4 is 45.0 Å². The number of carbonyl (C=O) groups excluding carboxylic acids is 7. The predicted molar refractivity (Wildman–Crippen MR) is 336 cm³/mol. The molecule has 2 saturated heterocycles. The Kier molecular flexibility index (Phi) is 22.5. The number of carbonyl (C=O) groups is 7. The van der Waals surface area contributed by atoms with E-state index in [2.05, 4.69) is 15.6 Å². The molecule has 0 spiro atoms. The number of aromatic nitrogens is 2. The molecule has 7 heterocycles. The molecule has 18 N–H and O–H groups in total. The van der Waals surface area contributed by atoms with Gasteiger partial charge in [-0.2, -0.15) is 0 Å². The van der Waals surface area contributed by atoms with E-state index < -0.39 is 143 Å². The van der Waals surface area contributed by atoms with Crippen molar-refractivity contribution in [1.29, 1.82) is 0 Å². The molecule has 92 heavy (non-hydrogen) atoms. The van der Waals surface area contributed by atoms with Gasteiger partial charge in [0.05, 0.1) is 41.7 Å². The fraction of sp³-hybridized carbons (Fsp3) is 0.629. The first-order valence-corrected chi connectivity index (χ1v) is 32.1. The van der Waals surface area contributed by atoms with E-state index in [0.29, 0.717) is 56.4 Å². The summed E-state index contributed by atoms with van der Waals surface area (Å²) < 4.78 is 32.3. The number of fused-ring (bicyclic) bond motifs is 7. The largest absolute Gasteiger partial charge is 0.870 e. The summed E-state index contributed by atoms with van der Waals surface area (Å²) in [5, 5.41) is 28.2. The Hall–Kier alpha value is -6.53. The Bertz CT molecular complexity index is 3550. The summed E-state index contributed by atoms with van der Waals surface area (Å²) in [6.07, 6.45) is -4.26. The second-order valence-electron chi connectivity index (χ2n) is 27.1. The standard InChI is InChI=1S/C62H90N13O14P.Co.H2O/c1-29-20-39-40(21-30(29)2)75(28-70-39)57-52(84)53(41(27-76)87-57)89-90(85,86)88-31(3)26-69-49(83)18-19-59(8)37(22-46(66)80)56-62(11)61(10,25-48(68)82)36(14-17-45(65)79)51(74-62)33(5)55-60(9,24-47(67)81)34(12-15-43(63)77)38(71-55)23-42-58(6,7)35(13-16-44(64)78)50(72-42)32(4)54(59)73-56;;/h20-21,23,28,31,34-37,41,52-53,56-57,71,76,84H,12-19,22,24-27H2,1-11H3,(H2,63,77)(H2,64,78)(H2,65,79)(H2,66,80)(H2,67,81)(H2,68,82)(H,69,83)(H,85,86);;1H2/p-1/b38-23-,50-32-,55-33-;;/t31?,34?,35-,36-,37+,41-,52-,53-,56?,57+,59-,60+,61+,62+;;/m1../s1. The first-order valence-electron chi connectivity index (χ1n) is 30.6. The molecule has 2 fully saturated rings. The van der Waals surface area contributed by atoms with Crippen molar-refractivity contribution in [2.24, 2.45) is 94.7 Å². The Balaban J connectivity index is 0.00000672. The van der Waals surface area contributed by atoms with Gasteiger partial charge in [-0.25, -0.2) is 9.55 Å². The van der Waals surface area contributed by atoms with Gasteiger partial charge in [0.25, 0.3) is 0 Å². The van der Waals surface area contributed by atoms with Gasteiger partial charge in [-0.1, -0.05) is 34.6 Å². The third kappa shape index (κ3) is 14.1. The van der Waals surface area contributed by atoms with Crippen molar-refractivity contribution >= 4 is 77.3 Å². The summed E-state index contributed by atoms with van der Waals surface area (Å²) in [5.74, 6) is -7.18. The molecule has 28 nitrogen and oxygen atoms in total. The van der Waals surface area contributed by atoms with Gasteiger partial charge in [0.2, 0.25) is 41.4 Å². The van der Waals surface area contributed by atoms with Gasteiger partial charge in [0.15, 0.2) is 6.23 Å². The maximum Gasteiger partial charge on any atom is 0.472 e. The van der Waals surface area contributed by atoms with E-state index in [4.69, 9.17) is 63.2 Å². The van der Waals surface area contributed by atoms with Crippen LogP contribution in [0.15, 0.2) is 67.8 Å². The number of nitrogens with two attached hydrogens (primary N) is 6. The molecule has 8 bridgehead atoms. The predicted octanol–water partition coefficient (Wildman–Crippen LogP) is 2.98. The van der Waals surface area contributed by atoms with Crippen LogP contribution in [-0.2, 0) is 68.7 Å². The minimum absolute atomic E-state index is 0. The van der Waals surface area contributed by atoms with Crippen LogP contribution in [0.5, 0.6) is 0 Å². The normalized spacial score (nSPS) is 33.5. The number of aliphatic hydroxyl groups excluding tert-OH is 2. The number of aliphatic hydroxyl groups is 2. The van der Waals surface area contributed by atoms with Gasteiger partial charge in [0.1, 0.15) is 18.3 Å². The van der Waals surface area contributed by atoms with Crippen molar-refractivity contribution in [2.45, 2.75) is 189 Å². The molecule has 15 atom stereocenters. The minimum atomic E-state index is -5.07. The number of aryl methyl sites for hydroxylation is 2. The summed E-state index contributed by atoms with van der Waals surface area (Å²) >= 11 is 0. The number of benzene rings is 1. The van der Waals surface area contributed by atoms with Crippen LogP contribution in [-0.4, -0.2) is 138 Å². The van der Waals surface area contributed by atoms with Crippen LogP contribution in [0.3, 0.4) is 0 Å². The molecule has 8 rings (SSSR count). The zero-order valence-corrected chi connectivity index (χ0v) is 56.0. The van der Waals surface area contributed by atoms with Crippen molar-refractivity contribution in [3.8, 4) is 0 Å². The molecular formula is C62H91CoN13O15P-. The number of nitrogens with zero attached hydrogens (tertiary/aromatic N) is 5. The van der Waals surface area contributed by atoms with Crippen molar-refractivity contribution in [3.05, 3.63) is 63.9 Å². The van der Waals surface area contributed by atoms with E-state index in [0.717, 1.165) is 11.1 Å². The maximum absolute atomic E-state index is 14.4. The number of phosphoric ester groups is 1. The smallest absolute Gasteiger partial charge is 0.472 e. The fourth-order valence-electron chi connectivity index (χ4n) is 15.4. The van der Waals surface area contributed by atoms with E-state index >= 15 is 0 Å². The molecule has 1 radical (unpaired) electrons. The molecule has 1 aromatic heterocycles. The molecule has 509 valence electrons. The third-order valence-electron chi connectivity index (χ3n) is 20.6. The number of ether oxygens (including phenoxy) is 1. The summed E-state index contributed by atoms with van der Waals surface area (Å²) in [5.41, 5.74) is 37.4. The Morgan fingerprint density at radius 1 is 0.804 bits per heavy atom. The summed E-state index contributed by atoms with van der Waals surface area (Å²) in [6, 6.07) is 2.70. The molecule has 4 unspecified atom stereocenters. The number of rotatable bonds is 26. The topological polar surface area (TPSA) is 490 Å². The number of amides is 7. The monoisotopic (exact) mass is 1350 g/mol. The molecular weight excluding hydrogens is 1260 g/mol. The molecule has 0 aliphatic carbocycles. The van der Waals surface area contributed by atoms with Crippen molar-refractivity contribution in [1.82, 2.24) is 20.2 Å². The van der Waals surface area contributed by atoms with Crippen molar-refractivity contribution < 1.29 is 89.3 Å². The van der Waals surface area contributed by atoms with Crippen LogP contribution in [0.25, 0.3) is 11.0 Å². The summed E-state index contributed by atoms with van der Waals surface area (Å²) in [6.45, 7) is 19.3. The van der Waals surface area contributed by atoms with E-state index in [1.807, 2.05) is 87.4 Å². The van der Waals surface area contributed by atoms with Gasteiger partial charge in [-0.05, 0) is 108 Å². The Morgan fingerprint density at radius 2 is 1.39 bits per heavy atom. The van der Waals surface area contributed by atoms with Gasteiger partial charge in [-0.15, -0.1) is 0 Å². The summed E-state index contributed by atoms with van der Waals surface area (Å²) in [7, 11) is -5.07. The zero-order chi connectivity index (χ0) is 66.7. The van der Waals surface area contributed by atoms with Gasteiger partial charge in [-0.3, -0.25) is 57.6 Å². The van der Waals surface area contributed by atoms with Gasteiger partial charge in [0, 0.05) is 148 Å². The number of imidazole rings is 1. The van der Waals surface area contributed by atoms with Crippen LogP contribution in [0.2, 0.25) is 0 Å². The second-order valence-corrected chi connectivity index (χ2v) is 28.4. The molecule has 30 heteroatoms. The minimum Gasteiger partial charge on any atom is -0.870 e.